The van der Waals surface area contributed by atoms with Gasteiger partial charge < -0.3 is 10.3 Å². The Morgan fingerprint density at radius 1 is 1.18 bits per heavy atom. The van der Waals surface area contributed by atoms with Crippen molar-refractivity contribution in [2.75, 3.05) is 19.6 Å². The minimum atomic E-state index is -0.441. The standard InChI is InChI=1S/C13H18N2O2/c16-13(11-4-2-1-3-5-11)10-15-8-6-12(14-17)7-9-15/h1-5,13,16-17H,6-10H2. The summed E-state index contributed by atoms with van der Waals surface area (Å²) in [5.74, 6) is 0. The molecule has 92 valence electrons. The summed E-state index contributed by atoms with van der Waals surface area (Å²) in [6.07, 6.45) is 1.14. The molecule has 1 atom stereocenters. The van der Waals surface area contributed by atoms with Gasteiger partial charge in [-0.1, -0.05) is 35.5 Å². The number of aliphatic hydroxyl groups is 1. The van der Waals surface area contributed by atoms with Crippen molar-refractivity contribution >= 4 is 5.71 Å². The molecular weight excluding hydrogens is 216 g/mol. The molecule has 0 aliphatic carbocycles. The minimum Gasteiger partial charge on any atom is -0.411 e. The molecule has 1 aliphatic heterocycles. The maximum atomic E-state index is 10.1. The first-order chi connectivity index (χ1) is 8.29. The van der Waals surface area contributed by atoms with Crippen LogP contribution in [0.25, 0.3) is 0 Å². The molecule has 4 heteroatoms. The monoisotopic (exact) mass is 234 g/mol. The van der Waals surface area contributed by atoms with Crippen LogP contribution in [0.4, 0.5) is 0 Å². The van der Waals surface area contributed by atoms with Crippen LogP contribution in [0.3, 0.4) is 0 Å². The van der Waals surface area contributed by atoms with E-state index in [-0.39, 0.29) is 0 Å². The van der Waals surface area contributed by atoms with Crippen molar-refractivity contribution in [3.05, 3.63) is 35.9 Å². The van der Waals surface area contributed by atoms with Crippen LogP contribution >= 0.6 is 0 Å². The number of rotatable bonds is 3. The van der Waals surface area contributed by atoms with Gasteiger partial charge in [-0.15, -0.1) is 0 Å². The van der Waals surface area contributed by atoms with E-state index in [2.05, 4.69) is 10.1 Å². The fraction of sp³-hybridized carbons (Fsp3) is 0.462. The second-order valence-corrected chi connectivity index (χ2v) is 4.39. The number of hydrogen-bond donors (Lipinski definition) is 2. The highest BCUT2D eigenvalue weighted by molar-refractivity contribution is 5.84. The molecule has 2 rings (SSSR count). The summed E-state index contributed by atoms with van der Waals surface area (Å²) in [5, 5.41) is 22.0. The van der Waals surface area contributed by atoms with Crippen LogP contribution in [0.1, 0.15) is 24.5 Å². The second-order valence-electron chi connectivity index (χ2n) is 4.39. The number of β-amino-alcohol motifs (C(OH)–C–C–N with tert-alkyl or cyclic N) is 1. The summed E-state index contributed by atoms with van der Waals surface area (Å²) in [5.41, 5.74) is 1.81. The molecule has 0 amide bonds. The van der Waals surface area contributed by atoms with Crippen molar-refractivity contribution < 1.29 is 10.3 Å². The molecule has 1 unspecified atom stereocenters. The van der Waals surface area contributed by atoms with Crippen molar-refractivity contribution in [1.29, 1.82) is 0 Å². The third kappa shape index (κ3) is 3.28. The Balaban J connectivity index is 1.86. The van der Waals surface area contributed by atoms with E-state index in [0.717, 1.165) is 37.2 Å². The van der Waals surface area contributed by atoms with E-state index in [1.165, 1.54) is 0 Å². The van der Waals surface area contributed by atoms with Crippen LogP contribution in [-0.4, -0.2) is 40.6 Å². The molecular formula is C13H18N2O2. The Morgan fingerprint density at radius 3 is 2.41 bits per heavy atom. The van der Waals surface area contributed by atoms with Gasteiger partial charge in [-0.25, -0.2) is 0 Å². The van der Waals surface area contributed by atoms with Gasteiger partial charge in [0.1, 0.15) is 0 Å². The minimum absolute atomic E-state index is 0.441. The lowest BCUT2D eigenvalue weighted by Gasteiger charge is -2.28. The quantitative estimate of drug-likeness (QED) is 0.617. The molecule has 0 radical (unpaired) electrons. The number of hydrogen-bond acceptors (Lipinski definition) is 4. The molecule has 4 nitrogen and oxygen atoms in total. The zero-order chi connectivity index (χ0) is 12.1. The van der Waals surface area contributed by atoms with Crippen LogP contribution < -0.4 is 0 Å². The van der Waals surface area contributed by atoms with E-state index in [0.29, 0.717) is 6.54 Å². The second kappa shape index (κ2) is 5.80. The van der Waals surface area contributed by atoms with E-state index < -0.39 is 6.10 Å². The Hall–Kier alpha value is -1.39. The van der Waals surface area contributed by atoms with E-state index >= 15 is 0 Å². The highest BCUT2D eigenvalue weighted by Gasteiger charge is 2.18. The summed E-state index contributed by atoms with van der Waals surface area (Å²) in [6.45, 7) is 2.34. The number of piperidine rings is 1. The molecule has 0 saturated carbocycles. The van der Waals surface area contributed by atoms with Crippen molar-refractivity contribution in [2.24, 2.45) is 5.16 Å². The number of aliphatic hydroxyl groups excluding tert-OH is 1. The molecule has 1 heterocycles. The third-order valence-corrected chi connectivity index (χ3v) is 3.19. The summed E-state index contributed by atoms with van der Waals surface area (Å²) < 4.78 is 0. The smallest absolute Gasteiger partial charge is 0.0916 e. The fourth-order valence-corrected chi connectivity index (χ4v) is 2.12. The van der Waals surface area contributed by atoms with Gasteiger partial charge in [-0.2, -0.15) is 0 Å². The summed E-state index contributed by atoms with van der Waals surface area (Å²) in [7, 11) is 0. The molecule has 0 spiro atoms. The first-order valence-corrected chi connectivity index (χ1v) is 5.95. The highest BCUT2D eigenvalue weighted by Crippen LogP contribution is 2.16. The predicted molar refractivity (Wildman–Crippen MR) is 66.3 cm³/mol. The summed E-state index contributed by atoms with van der Waals surface area (Å²) in [4.78, 5) is 2.20. The van der Waals surface area contributed by atoms with Crippen LogP contribution in [0.15, 0.2) is 35.5 Å². The molecule has 1 fully saturated rings. The van der Waals surface area contributed by atoms with Crippen LogP contribution in [0, 0.1) is 0 Å². The molecule has 1 aromatic rings. The SMILES string of the molecule is ON=C1CCN(CC(O)c2ccccc2)CC1. The molecule has 2 N–H and O–H groups in total. The van der Waals surface area contributed by atoms with Gasteiger partial charge >= 0.3 is 0 Å². The van der Waals surface area contributed by atoms with Crippen molar-refractivity contribution in [3.63, 3.8) is 0 Å². The number of oxime groups is 1. The number of likely N-dealkylation sites (tertiary alicyclic amines) is 1. The lowest BCUT2D eigenvalue weighted by atomic mass is 10.1. The highest BCUT2D eigenvalue weighted by atomic mass is 16.4. The average molecular weight is 234 g/mol. The summed E-state index contributed by atoms with van der Waals surface area (Å²) in [6, 6.07) is 9.70. The molecule has 1 saturated heterocycles. The molecule has 1 aliphatic rings. The van der Waals surface area contributed by atoms with Crippen LogP contribution in [0.5, 0.6) is 0 Å². The lowest BCUT2D eigenvalue weighted by Crippen LogP contribution is -2.36. The molecule has 0 bridgehead atoms. The Kier molecular flexibility index (Phi) is 4.12. The maximum Gasteiger partial charge on any atom is 0.0916 e. The van der Waals surface area contributed by atoms with E-state index in [4.69, 9.17) is 5.21 Å². The Labute approximate surface area is 101 Å². The molecule has 1 aromatic carbocycles. The third-order valence-electron chi connectivity index (χ3n) is 3.19. The summed E-state index contributed by atoms with van der Waals surface area (Å²) >= 11 is 0. The zero-order valence-electron chi connectivity index (χ0n) is 9.79. The lowest BCUT2D eigenvalue weighted by molar-refractivity contribution is 0.112. The van der Waals surface area contributed by atoms with Crippen molar-refractivity contribution in [1.82, 2.24) is 4.90 Å². The van der Waals surface area contributed by atoms with Crippen molar-refractivity contribution in [2.45, 2.75) is 18.9 Å². The Bertz CT molecular complexity index is 368. The number of nitrogens with zero attached hydrogens (tertiary/aromatic N) is 2. The maximum absolute atomic E-state index is 10.1. The van der Waals surface area contributed by atoms with Gasteiger partial charge in [0.05, 0.1) is 11.8 Å². The molecule has 17 heavy (non-hydrogen) atoms. The largest absolute Gasteiger partial charge is 0.411 e. The topological polar surface area (TPSA) is 56.1 Å². The first-order valence-electron chi connectivity index (χ1n) is 5.95. The molecule has 0 aromatic heterocycles. The van der Waals surface area contributed by atoms with Gasteiger partial charge in [-0.05, 0) is 5.56 Å². The van der Waals surface area contributed by atoms with Gasteiger partial charge in [-0.3, -0.25) is 4.90 Å². The van der Waals surface area contributed by atoms with Gasteiger partial charge in [0.15, 0.2) is 0 Å². The van der Waals surface area contributed by atoms with E-state index in [1.807, 2.05) is 30.3 Å². The first kappa shape index (κ1) is 12.1. The van der Waals surface area contributed by atoms with Crippen molar-refractivity contribution in [3.8, 4) is 0 Å². The van der Waals surface area contributed by atoms with Gasteiger partial charge in [0.25, 0.3) is 0 Å². The van der Waals surface area contributed by atoms with Gasteiger partial charge in [0.2, 0.25) is 0 Å². The Morgan fingerprint density at radius 2 is 1.82 bits per heavy atom. The fourth-order valence-electron chi connectivity index (χ4n) is 2.12. The van der Waals surface area contributed by atoms with E-state index in [1.54, 1.807) is 0 Å². The van der Waals surface area contributed by atoms with Crippen LogP contribution in [0.2, 0.25) is 0 Å². The van der Waals surface area contributed by atoms with E-state index in [9.17, 15) is 5.11 Å². The normalized spacial score (nSPS) is 19.0. The average Bonchev–Trinajstić information content (AvgIpc) is 2.40. The predicted octanol–water partition coefficient (Wildman–Crippen LogP) is 1.65. The van der Waals surface area contributed by atoms with Gasteiger partial charge in [0, 0.05) is 32.5 Å². The van der Waals surface area contributed by atoms with Crippen LogP contribution in [-0.2, 0) is 0 Å². The zero-order valence-corrected chi connectivity index (χ0v) is 9.79. The number of benzene rings is 1.